The molecule has 0 aliphatic carbocycles. The van der Waals surface area contributed by atoms with Crippen LogP contribution >= 0.6 is 23.4 Å². The van der Waals surface area contributed by atoms with Crippen LogP contribution in [0.2, 0.25) is 0 Å². The summed E-state index contributed by atoms with van der Waals surface area (Å²) in [4.78, 5) is 21.2. The summed E-state index contributed by atoms with van der Waals surface area (Å²) < 4.78 is 0. The summed E-state index contributed by atoms with van der Waals surface area (Å²) in [7, 11) is 0. The maximum atomic E-state index is 10.7. The van der Waals surface area contributed by atoms with E-state index in [1.165, 1.54) is 50.3 Å². The molecule has 0 bridgehead atoms. The third-order valence-corrected chi connectivity index (χ3v) is 3.91. The molecule has 0 aromatic carbocycles. The maximum Gasteiger partial charge on any atom is 0.221 e. The Hall–Kier alpha value is -0.0200. The van der Waals surface area contributed by atoms with Gasteiger partial charge in [-0.1, -0.05) is 56.7 Å². The summed E-state index contributed by atoms with van der Waals surface area (Å²) >= 11 is 6.69. The highest BCUT2D eigenvalue weighted by Gasteiger charge is 1.97. The van der Waals surface area contributed by atoms with E-state index in [1.807, 2.05) is 0 Å². The second-order valence-corrected chi connectivity index (χ2v) is 6.32. The van der Waals surface area contributed by atoms with Gasteiger partial charge in [0, 0.05) is 19.1 Å². The van der Waals surface area contributed by atoms with Gasteiger partial charge in [-0.25, -0.2) is 0 Å². The SMILES string of the molecule is CC(=O)SCCCCCCCCCCCC(=O)Cl. The number of hydrogen-bond acceptors (Lipinski definition) is 3. The van der Waals surface area contributed by atoms with E-state index in [2.05, 4.69) is 0 Å². The summed E-state index contributed by atoms with van der Waals surface area (Å²) in [5.41, 5.74) is 0. The van der Waals surface area contributed by atoms with Crippen molar-refractivity contribution in [3.63, 3.8) is 0 Å². The number of rotatable bonds is 12. The zero-order valence-corrected chi connectivity index (χ0v) is 13.0. The molecule has 4 heteroatoms. The molecule has 0 saturated heterocycles. The zero-order valence-electron chi connectivity index (χ0n) is 11.4. The summed E-state index contributed by atoms with van der Waals surface area (Å²) in [6.07, 6.45) is 11.3. The van der Waals surface area contributed by atoms with Gasteiger partial charge in [0.15, 0.2) is 5.12 Å². The van der Waals surface area contributed by atoms with Crippen LogP contribution in [-0.4, -0.2) is 16.1 Å². The minimum atomic E-state index is -0.210. The lowest BCUT2D eigenvalue weighted by atomic mass is 10.1. The molecule has 0 N–H and O–H groups in total. The quantitative estimate of drug-likeness (QED) is 0.378. The van der Waals surface area contributed by atoms with Crippen molar-refractivity contribution in [3.05, 3.63) is 0 Å². The number of thioether (sulfide) groups is 1. The molecule has 0 fully saturated rings. The van der Waals surface area contributed by atoms with E-state index in [0.29, 0.717) is 6.42 Å². The van der Waals surface area contributed by atoms with E-state index < -0.39 is 0 Å². The Morgan fingerprint density at radius 3 is 1.72 bits per heavy atom. The fraction of sp³-hybridized carbons (Fsp3) is 0.857. The molecule has 0 aliphatic heterocycles. The molecular formula is C14H25ClO2S. The van der Waals surface area contributed by atoms with Crippen molar-refractivity contribution in [2.45, 2.75) is 71.1 Å². The summed E-state index contributed by atoms with van der Waals surface area (Å²) in [6.45, 7) is 1.63. The van der Waals surface area contributed by atoms with Crippen molar-refractivity contribution in [1.29, 1.82) is 0 Å². The second-order valence-electron chi connectivity index (χ2n) is 4.63. The molecule has 0 amide bonds. The topological polar surface area (TPSA) is 34.1 Å². The molecule has 0 rings (SSSR count). The van der Waals surface area contributed by atoms with Crippen molar-refractivity contribution in [2.24, 2.45) is 0 Å². The maximum absolute atomic E-state index is 10.7. The average Bonchev–Trinajstić information content (AvgIpc) is 2.29. The van der Waals surface area contributed by atoms with Crippen molar-refractivity contribution < 1.29 is 9.59 Å². The lowest BCUT2D eigenvalue weighted by molar-refractivity contribution is -0.112. The summed E-state index contributed by atoms with van der Waals surface area (Å²) in [5.74, 6) is 0.974. The third-order valence-electron chi connectivity index (χ3n) is 2.82. The Balaban J connectivity index is 2.99. The molecular weight excluding hydrogens is 268 g/mol. The van der Waals surface area contributed by atoms with Crippen molar-refractivity contribution in [2.75, 3.05) is 5.75 Å². The van der Waals surface area contributed by atoms with Crippen LogP contribution in [0.15, 0.2) is 0 Å². The monoisotopic (exact) mass is 292 g/mol. The van der Waals surface area contributed by atoms with E-state index in [9.17, 15) is 9.59 Å². The highest BCUT2D eigenvalue weighted by atomic mass is 35.5. The first-order valence-corrected chi connectivity index (χ1v) is 8.31. The van der Waals surface area contributed by atoms with Crippen LogP contribution in [0.4, 0.5) is 0 Å². The van der Waals surface area contributed by atoms with Crippen LogP contribution in [0.1, 0.15) is 71.1 Å². The Morgan fingerprint density at radius 2 is 1.28 bits per heavy atom. The van der Waals surface area contributed by atoms with E-state index in [1.54, 1.807) is 6.92 Å². The Bertz CT molecular complexity index is 208. The van der Waals surface area contributed by atoms with Crippen molar-refractivity contribution >= 4 is 33.7 Å². The molecule has 0 aliphatic rings. The van der Waals surface area contributed by atoms with Crippen molar-refractivity contribution in [3.8, 4) is 0 Å². The first-order valence-electron chi connectivity index (χ1n) is 6.94. The molecule has 0 heterocycles. The second kappa shape index (κ2) is 13.4. The fourth-order valence-corrected chi connectivity index (χ4v) is 2.59. The lowest BCUT2D eigenvalue weighted by Crippen LogP contribution is -1.88. The molecule has 0 radical (unpaired) electrons. The smallest absolute Gasteiger partial charge is 0.221 e. The highest BCUT2D eigenvalue weighted by molar-refractivity contribution is 8.13. The van der Waals surface area contributed by atoms with Crippen LogP contribution in [0.5, 0.6) is 0 Å². The third kappa shape index (κ3) is 16.0. The number of carbonyl (C=O) groups is 2. The molecule has 0 atom stereocenters. The van der Waals surface area contributed by atoms with Crippen LogP contribution in [0.3, 0.4) is 0 Å². The molecule has 106 valence electrons. The molecule has 0 unspecified atom stereocenters. The molecule has 0 saturated carbocycles. The largest absolute Gasteiger partial charge is 0.288 e. The Labute approximate surface area is 120 Å². The van der Waals surface area contributed by atoms with Gasteiger partial charge < -0.3 is 0 Å². The fourth-order valence-electron chi connectivity index (χ4n) is 1.82. The van der Waals surface area contributed by atoms with E-state index >= 15 is 0 Å². The van der Waals surface area contributed by atoms with Crippen LogP contribution < -0.4 is 0 Å². The molecule has 0 spiro atoms. The van der Waals surface area contributed by atoms with Gasteiger partial charge in [0.25, 0.3) is 0 Å². The molecule has 0 aromatic rings. The molecule has 0 aromatic heterocycles. The van der Waals surface area contributed by atoms with Gasteiger partial charge in [0.05, 0.1) is 0 Å². The van der Waals surface area contributed by atoms with Gasteiger partial charge in [-0.05, 0) is 24.4 Å². The molecule has 2 nitrogen and oxygen atoms in total. The predicted octanol–water partition coefficient (Wildman–Crippen LogP) is 4.93. The highest BCUT2D eigenvalue weighted by Crippen LogP contribution is 2.12. The van der Waals surface area contributed by atoms with Crippen LogP contribution in [-0.2, 0) is 9.59 Å². The van der Waals surface area contributed by atoms with Gasteiger partial charge >= 0.3 is 0 Å². The van der Waals surface area contributed by atoms with E-state index in [0.717, 1.165) is 25.0 Å². The van der Waals surface area contributed by atoms with Crippen LogP contribution in [0, 0.1) is 0 Å². The molecule has 18 heavy (non-hydrogen) atoms. The number of carbonyl (C=O) groups excluding carboxylic acids is 2. The minimum Gasteiger partial charge on any atom is -0.288 e. The number of unbranched alkanes of at least 4 members (excludes halogenated alkanes) is 8. The van der Waals surface area contributed by atoms with Gasteiger partial charge in [0.2, 0.25) is 5.24 Å². The zero-order chi connectivity index (χ0) is 13.6. The van der Waals surface area contributed by atoms with Gasteiger partial charge in [-0.3, -0.25) is 9.59 Å². The van der Waals surface area contributed by atoms with Gasteiger partial charge in [-0.15, -0.1) is 0 Å². The first kappa shape index (κ1) is 18.0. The van der Waals surface area contributed by atoms with Crippen LogP contribution in [0.25, 0.3) is 0 Å². The average molecular weight is 293 g/mol. The lowest BCUT2D eigenvalue weighted by Gasteiger charge is -2.01. The summed E-state index contributed by atoms with van der Waals surface area (Å²) in [6, 6.07) is 0. The predicted molar refractivity (Wildman–Crippen MR) is 80.2 cm³/mol. The van der Waals surface area contributed by atoms with Crippen molar-refractivity contribution in [1.82, 2.24) is 0 Å². The number of hydrogen-bond donors (Lipinski definition) is 0. The Morgan fingerprint density at radius 1 is 0.833 bits per heavy atom. The summed E-state index contributed by atoms with van der Waals surface area (Å²) in [5, 5.41) is 0.0175. The standard InChI is InChI=1S/C14H25ClO2S/c1-13(16)18-12-10-8-6-4-2-3-5-7-9-11-14(15)17/h2-12H2,1H3. The Kier molecular flexibility index (Phi) is 13.4. The van der Waals surface area contributed by atoms with E-state index in [4.69, 9.17) is 11.6 Å². The minimum absolute atomic E-state index is 0.210. The van der Waals surface area contributed by atoms with Gasteiger partial charge in [-0.2, -0.15) is 0 Å². The van der Waals surface area contributed by atoms with Gasteiger partial charge in [0.1, 0.15) is 0 Å². The normalized spacial score (nSPS) is 10.6. The van der Waals surface area contributed by atoms with E-state index in [-0.39, 0.29) is 10.4 Å². The first-order chi connectivity index (χ1) is 8.63. The number of halogens is 1.